The Labute approximate surface area is 191 Å². The molecule has 2 aliphatic heterocycles. The Morgan fingerprint density at radius 2 is 0.844 bits per heavy atom. The molecule has 8 nitrogen and oxygen atoms in total. The number of carbonyl (C=O) groups is 2. The molecule has 0 unspecified atom stereocenters. The summed E-state index contributed by atoms with van der Waals surface area (Å²) < 4.78 is 33.8. The van der Waals surface area contributed by atoms with E-state index in [1.807, 2.05) is 0 Å². The van der Waals surface area contributed by atoms with Gasteiger partial charge in [0.05, 0.1) is 0 Å². The van der Waals surface area contributed by atoms with Crippen LogP contribution in [-0.4, -0.2) is 62.1 Å². The van der Waals surface area contributed by atoms with Gasteiger partial charge >= 0.3 is 12.3 Å². The maximum absolute atomic E-state index is 11.9. The second-order valence-corrected chi connectivity index (χ2v) is 9.04. The first-order valence-corrected chi connectivity index (χ1v) is 12.6. The Morgan fingerprint density at radius 1 is 0.531 bits per heavy atom. The van der Waals surface area contributed by atoms with Crippen LogP contribution in [0.4, 0.5) is 9.59 Å². The quantitative estimate of drug-likeness (QED) is 0.228. The number of unbranched alkanes of at least 4 members (excludes halogenated alkanes) is 10. The number of carbonyl (C=O) groups excluding carboxylic acids is 2. The highest BCUT2D eigenvalue weighted by Gasteiger charge is 2.64. The first kappa shape index (κ1) is 25.1. The molecule has 1 aliphatic carbocycles. The maximum atomic E-state index is 11.9. The zero-order chi connectivity index (χ0) is 22.8. The van der Waals surface area contributed by atoms with Crippen molar-refractivity contribution in [1.29, 1.82) is 0 Å². The summed E-state index contributed by atoms with van der Waals surface area (Å²) in [6.45, 7) is 5.39. The molecule has 0 aromatic carbocycles. The van der Waals surface area contributed by atoms with Gasteiger partial charge in [-0.05, 0) is 12.8 Å². The van der Waals surface area contributed by atoms with E-state index < -0.39 is 48.9 Å². The molecule has 0 radical (unpaired) electrons. The van der Waals surface area contributed by atoms with Crippen molar-refractivity contribution in [2.45, 2.75) is 128 Å². The summed E-state index contributed by atoms with van der Waals surface area (Å²) in [6.07, 6.45) is 8.25. The van der Waals surface area contributed by atoms with Gasteiger partial charge in [-0.3, -0.25) is 0 Å². The van der Waals surface area contributed by atoms with E-state index in [0.717, 1.165) is 25.7 Å². The summed E-state index contributed by atoms with van der Waals surface area (Å²) in [7, 11) is 0. The zero-order valence-electron chi connectivity index (χ0n) is 19.6. The monoisotopic (exact) mass is 456 g/mol. The van der Waals surface area contributed by atoms with Crippen LogP contribution in [0.2, 0.25) is 0 Å². The molecule has 0 aromatic heterocycles. The molecule has 0 aromatic rings. The van der Waals surface area contributed by atoms with Gasteiger partial charge in [-0.2, -0.15) is 0 Å². The Bertz CT molecular complexity index is 504. The first-order chi connectivity index (χ1) is 15.7. The third-order valence-electron chi connectivity index (χ3n) is 6.49. The molecule has 184 valence electrons. The summed E-state index contributed by atoms with van der Waals surface area (Å²) in [6, 6.07) is 0. The van der Waals surface area contributed by atoms with Gasteiger partial charge in [0.15, 0.2) is 24.4 Å². The van der Waals surface area contributed by atoms with Crippen LogP contribution in [0.1, 0.15) is 90.9 Å². The number of fused-ring (bicyclic) bond motifs is 2. The first-order valence-electron chi connectivity index (χ1n) is 12.6. The highest BCUT2D eigenvalue weighted by molar-refractivity contribution is 5.65. The largest absolute Gasteiger partial charge is 0.509 e. The lowest BCUT2D eigenvalue weighted by atomic mass is 9.84. The third kappa shape index (κ3) is 6.73. The molecule has 6 atom stereocenters. The fourth-order valence-electron chi connectivity index (χ4n) is 4.74. The Kier molecular flexibility index (Phi) is 10.4. The molecule has 3 fully saturated rings. The molecule has 0 amide bonds. The summed E-state index contributed by atoms with van der Waals surface area (Å²) in [5, 5.41) is 0. The van der Waals surface area contributed by atoms with Gasteiger partial charge in [-0.15, -0.1) is 0 Å². The topological polar surface area (TPSA) is 89.5 Å². The normalized spacial score (nSPS) is 30.8. The molecular weight excluding hydrogens is 416 g/mol. The smallest absolute Gasteiger partial charge is 0.424 e. The molecule has 0 spiro atoms. The van der Waals surface area contributed by atoms with Gasteiger partial charge in [0.2, 0.25) is 0 Å². The molecule has 1 saturated carbocycles. The van der Waals surface area contributed by atoms with Crippen molar-refractivity contribution in [3.8, 4) is 0 Å². The predicted octanol–water partition coefficient (Wildman–Crippen LogP) is 5.30. The molecule has 3 aliphatic rings. The van der Waals surface area contributed by atoms with Crippen LogP contribution in [0.25, 0.3) is 0 Å². The van der Waals surface area contributed by atoms with Crippen molar-refractivity contribution < 1.29 is 38.0 Å². The van der Waals surface area contributed by atoms with Crippen molar-refractivity contribution in [3.05, 3.63) is 0 Å². The van der Waals surface area contributed by atoms with Crippen molar-refractivity contribution in [2.75, 3.05) is 13.2 Å². The SMILES string of the molecule is CCCCCCCCO[C@@H]1[C@H]2OC(=O)O[C@H]2[C@@H](OCCCCCCCC)[C@@H]2OC(=O)O[C@@H]12. The lowest BCUT2D eigenvalue weighted by Gasteiger charge is -2.40. The molecule has 2 saturated heterocycles. The Morgan fingerprint density at radius 3 is 1.19 bits per heavy atom. The van der Waals surface area contributed by atoms with Crippen molar-refractivity contribution >= 4 is 12.3 Å². The Hall–Kier alpha value is -1.54. The number of hydrogen-bond donors (Lipinski definition) is 0. The van der Waals surface area contributed by atoms with E-state index in [-0.39, 0.29) is 0 Å². The highest BCUT2D eigenvalue weighted by atomic mass is 16.8. The average molecular weight is 457 g/mol. The average Bonchev–Trinajstić information content (AvgIpc) is 3.35. The second-order valence-electron chi connectivity index (χ2n) is 9.04. The lowest BCUT2D eigenvalue weighted by Crippen LogP contribution is -2.63. The molecular formula is C24H40O8. The standard InChI is InChI=1S/C24H40O8/c1-3-5-7-9-11-13-15-27-17-19-21(31-23(25)29-19)18(22-20(17)30-24(26)32-22)28-16-14-12-10-8-6-4-2/h17-22H,3-16H2,1-2H3/t17-,18-,19-,20-,21-,22+/m0/s1. The molecule has 2 heterocycles. The van der Waals surface area contributed by atoms with Crippen molar-refractivity contribution in [3.63, 3.8) is 0 Å². The fraction of sp³-hybridized carbons (Fsp3) is 0.917. The summed E-state index contributed by atoms with van der Waals surface area (Å²) in [5.74, 6) is 0. The van der Waals surface area contributed by atoms with E-state index in [0.29, 0.717) is 13.2 Å². The van der Waals surface area contributed by atoms with E-state index in [1.54, 1.807) is 0 Å². The minimum absolute atomic E-state index is 0.502. The summed E-state index contributed by atoms with van der Waals surface area (Å²) >= 11 is 0. The minimum atomic E-state index is -0.743. The van der Waals surface area contributed by atoms with E-state index in [1.165, 1.54) is 51.4 Å². The van der Waals surface area contributed by atoms with Gasteiger partial charge in [-0.25, -0.2) is 9.59 Å². The third-order valence-corrected chi connectivity index (χ3v) is 6.49. The zero-order valence-corrected chi connectivity index (χ0v) is 19.6. The molecule has 0 bridgehead atoms. The van der Waals surface area contributed by atoms with Crippen LogP contribution < -0.4 is 0 Å². The van der Waals surface area contributed by atoms with Gasteiger partial charge in [0.1, 0.15) is 12.2 Å². The number of ether oxygens (including phenoxy) is 6. The fourth-order valence-corrected chi connectivity index (χ4v) is 4.74. The van der Waals surface area contributed by atoms with Crippen LogP contribution in [0.3, 0.4) is 0 Å². The predicted molar refractivity (Wildman–Crippen MR) is 117 cm³/mol. The van der Waals surface area contributed by atoms with E-state index in [2.05, 4.69) is 13.8 Å². The molecule has 32 heavy (non-hydrogen) atoms. The molecule has 3 rings (SSSR count). The van der Waals surface area contributed by atoms with E-state index in [9.17, 15) is 9.59 Å². The number of hydrogen-bond acceptors (Lipinski definition) is 8. The van der Waals surface area contributed by atoms with Crippen molar-refractivity contribution in [1.82, 2.24) is 0 Å². The van der Waals surface area contributed by atoms with Gasteiger partial charge < -0.3 is 28.4 Å². The highest BCUT2D eigenvalue weighted by Crippen LogP contribution is 2.39. The van der Waals surface area contributed by atoms with Gasteiger partial charge in [-0.1, -0.05) is 78.1 Å². The second kappa shape index (κ2) is 13.2. The van der Waals surface area contributed by atoms with Crippen LogP contribution >= 0.6 is 0 Å². The number of rotatable bonds is 16. The summed E-state index contributed by atoms with van der Waals surface area (Å²) in [4.78, 5) is 23.9. The van der Waals surface area contributed by atoms with Gasteiger partial charge in [0.25, 0.3) is 0 Å². The van der Waals surface area contributed by atoms with Crippen LogP contribution in [0.5, 0.6) is 0 Å². The molecule has 8 heteroatoms. The lowest BCUT2D eigenvalue weighted by molar-refractivity contribution is -0.185. The van der Waals surface area contributed by atoms with Gasteiger partial charge in [0, 0.05) is 13.2 Å². The minimum Gasteiger partial charge on any atom is -0.424 e. The molecule has 0 N–H and O–H groups in total. The Balaban J connectivity index is 1.52. The van der Waals surface area contributed by atoms with Crippen LogP contribution in [-0.2, 0) is 28.4 Å². The van der Waals surface area contributed by atoms with Crippen molar-refractivity contribution in [2.24, 2.45) is 0 Å². The maximum Gasteiger partial charge on any atom is 0.509 e. The van der Waals surface area contributed by atoms with E-state index >= 15 is 0 Å². The van der Waals surface area contributed by atoms with Crippen LogP contribution in [0, 0.1) is 0 Å². The summed E-state index contributed by atoms with van der Waals surface area (Å²) in [5.41, 5.74) is 0. The van der Waals surface area contributed by atoms with E-state index in [4.69, 9.17) is 28.4 Å². The van der Waals surface area contributed by atoms with Crippen LogP contribution in [0.15, 0.2) is 0 Å².